The molecular formula is C67H87N6O7+. The third-order valence-electron chi connectivity index (χ3n) is 17.9. The number of anilines is 1. The van der Waals surface area contributed by atoms with Gasteiger partial charge in [-0.2, -0.15) is 5.10 Å². The Hall–Kier alpha value is -5.99. The van der Waals surface area contributed by atoms with Crippen molar-refractivity contribution in [2.75, 3.05) is 90.9 Å². The Bertz CT molecular complexity index is 3200. The Morgan fingerprint density at radius 2 is 1.52 bits per heavy atom. The monoisotopic (exact) mass is 1090 g/mol. The van der Waals surface area contributed by atoms with Crippen LogP contribution in [0.3, 0.4) is 0 Å². The van der Waals surface area contributed by atoms with Crippen LogP contribution < -0.4 is 30.1 Å². The Kier molecular flexibility index (Phi) is 17.9. The summed E-state index contributed by atoms with van der Waals surface area (Å²) in [6, 6.07) is 23.8. The molecule has 13 heteroatoms. The van der Waals surface area contributed by atoms with Crippen molar-refractivity contribution in [1.82, 2.24) is 25.0 Å². The first-order valence-corrected chi connectivity index (χ1v) is 30.0. The molecule has 4 heterocycles. The van der Waals surface area contributed by atoms with Crippen molar-refractivity contribution in [1.29, 1.82) is 0 Å². The zero-order chi connectivity index (χ0) is 56.1. The molecule has 13 nitrogen and oxygen atoms in total. The van der Waals surface area contributed by atoms with E-state index in [0.717, 1.165) is 112 Å². The van der Waals surface area contributed by atoms with Crippen LogP contribution in [0.5, 0.6) is 5.75 Å². The summed E-state index contributed by atoms with van der Waals surface area (Å²) in [5, 5.41) is 25.0. The van der Waals surface area contributed by atoms with Gasteiger partial charge in [-0.05, 0) is 190 Å². The lowest BCUT2D eigenvalue weighted by atomic mass is 9.64. The normalized spacial score (nSPS) is 18.7. The van der Waals surface area contributed by atoms with Crippen molar-refractivity contribution >= 4 is 23.1 Å². The van der Waals surface area contributed by atoms with E-state index in [1.54, 1.807) is 4.90 Å². The molecule has 3 aliphatic heterocycles. The number of hydrogen-bond acceptors (Lipinski definition) is 10. The summed E-state index contributed by atoms with van der Waals surface area (Å²) in [7, 11) is 1.86. The van der Waals surface area contributed by atoms with Gasteiger partial charge in [-0.15, -0.1) is 5.10 Å². The molecule has 5 aromatic rings. The van der Waals surface area contributed by atoms with Crippen LogP contribution in [0.4, 0.5) is 5.69 Å². The number of aliphatic hydroxyl groups is 1. The van der Waals surface area contributed by atoms with Crippen LogP contribution in [0.15, 0.2) is 66.7 Å². The zero-order valence-corrected chi connectivity index (χ0v) is 49.1. The third-order valence-corrected chi connectivity index (χ3v) is 17.9. The van der Waals surface area contributed by atoms with Gasteiger partial charge in [-0.1, -0.05) is 39.0 Å². The highest BCUT2D eigenvalue weighted by molar-refractivity contribution is 6.02. The lowest BCUT2D eigenvalue weighted by Crippen LogP contribution is -2.50. The van der Waals surface area contributed by atoms with Crippen LogP contribution >= 0.6 is 0 Å². The van der Waals surface area contributed by atoms with Crippen molar-refractivity contribution in [3.05, 3.63) is 139 Å². The molecule has 0 spiro atoms. The molecule has 80 heavy (non-hydrogen) atoms. The number of amides is 2. The average Bonchev–Trinajstić information content (AvgIpc) is 3.35. The molecule has 2 atom stereocenters. The second-order valence-electron chi connectivity index (χ2n) is 24.2. The topological polar surface area (TPSA) is 139 Å². The standard InChI is InChI=1S/C67H86N6O7/c1-9-73-59-42-58-56(41-55(59)44(2)43-66(73,4)5)61(57-40-47-16-13-31-72-32-14-21-54(64(47)72)62(57)67(58,6)7)51-18-10-11-19-53(51)65(76)71(8)30-15-22-60(75)68-29-33-77-34-35-78-36-37-79-38-39-80-49-26-23-46(24-27-49)63-52-20-12-17-48(74)25-28-50(52)45(3)69-70-63/h10-11,18-19,23-24,26-27,40-42,44,48,74H,9,12-17,20-22,25,28-39,43H2,1-8H3/p+1. The molecule has 2 amide bonds. The van der Waals surface area contributed by atoms with Gasteiger partial charge in [0, 0.05) is 84.8 Å². The van der Waals surface area contributed by atoms with E-state index in [2.05, 4.69) is 96.9 Å². The fraction of sp³-hybridized carbons (Fsp3) is 0.537. The van der Waals surface area contributed by atoms with E-state index in [1.165, 1.54) is 66.3 Å². The number of rotatable bonds is 21. The van der Waals surface area contributed by atoms with Crippen LogP contribution in [0.1, 0.15) is 165 Å². The number of carbonyl (C=O) groups excluding carboxylic acids is 2. The van der Waals surface area contributed by atoms with E-state index in [0.29, 0.717) is 83.7 Å². The molecule has 1 aromatic heterocycles. The minimum atomic E-state index is -0.256. The quantitative estimate of drug-likeness (QED) is 0.0543. The van der Waals surface area contributed by atoms with Crippen LogP contribution in [0, 0.1) is 6.92 Å². The number of nitrogens with one attached hydrogen (secondary N) is 1. The molecule has 2 N–H and O–H groups in total. The zero-order valence-electron chi connectivity index (χ0n) is 49.1. The molecule has 4 aromatic carbocycles. The molecule has 0 saturated heterocycles. The van der Waals surface area contributed by atoms with E-state index < -0.39 is 0 Å². The number of carbonyl (C=O) groups is 2. The largest absolute Gasteiger partial charge is 0.491 e. The van der Waals surface area contributed by atoms with Crippen molar-refractivity contribution < 1.29 is 33.6 Å². The number of fused-ring (bicyclic) bond motifs is 5. The maximum absolute atomic E-state index is 14.8. The van der Waals surface area contributed by atoms with Crippen LogP contribution in [0.25, 0.3) is 16.8 Å². The SMILES string of the molecule is CCN1c2cc3c(cc2C(C)CC1(C)C)C(c1ccccc1C(=O)N(C)CCCC(=O)NCCOCCOCCOCCOc1ccc(-c2nnc(C)c4c2CCCC(O)CC4)cc1)=c1cc2c4c(c1C3(C)C)CCC[N+]=4CCC2. The van der Waals surface area contributed by atoms with Gasteiger partial charge in [0.05, 0.1) is 57.1 Å². The van der Waals surface area contributed by atoms with Gasteiger partial charge in [-0.3, -0.25) is 9.59 Å². The minimum Gasteiger partial charge on any atom is -0.491 e. The Morgan fingerprint density at radius 1 is 0.812 bits per heavy atom. The fourth-order valence-corrected chi connectivity index (χ4v) is 14.1. The number of aliphatic hydroxyl groups excluding tert-OH is 1. The Labute approximate surface area is 474 Å². The van der Waals surface area contributed by atoms with Gasteiger partial charge in [0.1, 0.15) is 25.4 Å². The van der Waals surface area contributed by atoms with Crippen molar-refractivity contribution in [3.8, 4) is 17.0 Å². The highest BCUT2D eigenvalue weighted by Crippen LogP contribution is 2.50. The molecule has 0 saturated carbocycles. The van der Waals surface area contributed by atoms with Crippen LogP contribution in [-0.4, -0.2) is 130 Å². The van der Waals surface area contributed by atoms with E-state index in [9.17, 15) is 14.7 Å². The van der Waals surface area contributed by atoms with Crippen molar-refractivity contribution in [3.63, 3.8) is 0 Å². The summed E-state index contributed by atoms with van der Waals surface area (Å²) >= 11 is 0. The molecule has 2 aliphatic carbocycles. The molecule has 0 fully saturated rings. The van der Waals surface area contributed by atoms with E-state index >= 15 is 0 Å². The summed E-state index contributed by atoms with van der Waals surface area (Å²) in [5.41, 5.74) is 17.7. The summed E-state index contributed by atoms with van der Waals surface area (Å²) in [5.74, 6) is 1.06. The summed E-state index contributed by atoms with van der Waals surface area (Å²) < 4.78 is 25.7. The summed E-state index contributed by atoms with van der Waals surface area (Å²) in [6.45, 7) is 23.4. The van der Waals surface area contributed by atoms with Gasteiger partial charge in [-0.25, -0.2) is 4.58 Å². The van der Waals surface area contributed by atoms with Gasteiger partial charge in [0.2, 0.25) is 11.3 Å². The second kappa shape index (κ2) is 25.0. The van der Waals surface area contributed by atoms with Gasteiger partial charge >= 0.3 is 0 Å². The van der Waals surface area contributed by atoms with E-state index in [1.807, 2.05) is 50.4 Å². The fourth-order valence-electron chi connectivity index (χ4n) is 14.1. The summed E-state index contributed by atoms with van der Waals surface area (Å²) in [6.07, 6.45) is 10.4. The number of aromatic nitrogens is 2. The molecule has 2 unspecified atom stereocenters. The predicted octanol–water partition coefficient (Wildman–Crippen LogP) is 8.56. The first kappa shape index (κ1) is 57.3. The maximum atomic E-state index is 14.8. The van der Waals surface area contributed by atoms with Crippen molar-refractivity contribution in [2.45, 2.75) is 148 Å². The van der Waals surface area contributed by atoms with Gasteiger partial charge < -0.3 is 39.2 Å². The lowest BCUT2D eigenvalue weighted by Gasteiger charge is -2.48. The second-order valence-corrected chi connectivity index (χ2v) is 24.2. The number of hydrogen-bond donors (Lipinski definition) is 2. The molecule has 426 valence electrons. The molecule has 0 radical (unpaired) electrons. The van der Waals surface area contributed by atoms with Crippen LogP contribution in [-0.2, 0) is 50.1 Å². The number of aryl methyl sites for hydroxylation is 2. The van der Waals surface area contributed by atoms with Crippen molar-refractivity contribution in [2.24, 2.45) is 0 Å². The number of nitrogens with zero attached hydrogens (tertiary/aromatic N) is 5. The molecule has 5 aliphatic rings. The van der Waals surface area contributed by atoms with Crippen LogP contribution in [0.2, 0.25) is 0 Å². The third kappa shape index (κ3) is 12.0. The van der Waals surface area contributed by atoms with E-state index in [4.69, 9.17) is 18.9 Å². The first-order valence-electron chi connectivity index (χ1n) is 30.0. The molecular weight excluding hydrogens is 1000 g/mol. The summed E-state index contributed by atoms with van der Waals surface area (Å²) in [4.78, 5) is 32.1. The van der Waals surface area contributed by atoms with Gasteiger partial charge in [0.15, 0.2) is 0 Å². The lowest BCUT2D eigenvalue weighted by molar-refractivity contribution is -0.121. The average molecular weight is 1090 g/mol. The molecule has 10 rings (SSSR count). The highest BCUT2D eigenvalue weighted by atomic mass is 16.6. The number of benzene rings is 4. The predicted molar refractivity (Wildman–Crippen MR) is 317 cm³/mol. The Morgan fingerprint density at radius 3 is 2.29 bits per heavy atom. The van der Waals surface area contributed by atoms with Gasteiger partial charge in [0.25, 0.3) is 5.91 Å². The van der Waals surface area contributed by atoms with E-state index in [-0.39, 0.29) is 28.9 Å². The smallest absolute Gasteiger partial charge is 0.254 e. The Balaban J connectivity index is 0.681. The first-order chi connectivity index (χ1) is 38.7. The maximum Gasteiger partial charge on any atom is 0.254 e. The number of ether oxygens (including phenoxy) is 4. The highest BCUT2D eigenvalue weighted by Gasteiger charge is 2.43. The molecule has 0 bridgehead atoms. The minimum absolute atomic E-state index is 0.0337.